The molecule has 0 aliphatic carbocycles. The molecule has 1 aromatic rings. The maximum atomic E-state index is 13.6. The van der Waals surface area contributed by atoms with E-state index in [-0.39, 0.29) is 24.7 Å². The van der Waals surface area contributed by atoms with Gasteiger partial charge < -0.3 is 42.7 Å². The normalized spacial score (nSPS) is 18.2. The summed E-state index contributed by atoms with van der Waals surface area (Å²) < 4.78 is 0. The van der Waals surface area contributed by atoms with Crippen LogP contribution in [0, 0.1) is 11.8 Å². The number of nitrogens with zero attached hydrogens (tertiary/aromatic N) is 1. The number of likely N-dealkylation sites (tertiary alicyclic amines) is 1. The van der Waals surface area contributed by atoms with E-state index in [4.69, 9.17) is 11.5 Å². The number of carboxylic acid groups (broad SMARTS) is 1. The Labute approximate surface area is 283 Å². The number of nitrogens with one attached hydrogen (secondary N) is 4. The maximum Gasteiger partial charge on any atom is 0.326 e. The van der Waals surface area contributed by atoms with Gasteiger partial charge in [0.15, 0.2) is 0 Å². The Morgan fingerprint density at radius 1 is 0.896 bits per heavy atom. The third kappa shape index (κ3) is 11.9. The number of rotatable bonds is 19. The molecule has 48 heavy (non-hydrogen) atoms. The summed E-state index contributed by atoms with van der Waals surface area (Å²) in [6, 6.07) is 3.03. The van der Waals surface area contributed by atoms with Crippen molar-refractivity contribution in [1.82, 2.24) is 26.2 Å². The zero-order chi connectivity index (χ0) is 36.0. The van der Waals surface area contributed by atoms with Gasteiger partial charge in [0.05, 0.1) is 6.04 Å². The molecular formula is C34H55N7O7. The standard InChI is InChI=1S/C34H55N7O7/c1-6-21(4)27(36)33(46)41-18-12-16-26(41)31(44)37-22(5)29(42)40-28(20(2)3)32(45)39-25(19-23-13-8-7-9-14-23)30(43)38-24(34(47)48)15-10-11-17-35/h7-9,13-14,20-22,24-28H,6,10-12,15-19,35-36H2,1-5H3,(H,37,44)(H,38,43)(H,39,45)(H,40,42)(H,47,48)/t21-,22-,24-,25-,26-,27-,28-/m0/s1. The predicted molar refractivity (Wildman–Crippen MR) is 181 cm³/mol. The van der Waals surface area contributed by atoms with E-state index < -0.39 is 71.8 Å². The SMILES string of the molecule is CC[C@H](C)[C@H](N)C(=O)N1CCC[C@H]1C(=O)N[C@@H](C)C(=O)N[C@H](C(=O)N[C@@H](Cc1ccccc1)C(=O)N[C@@H](CCCCN)C(=O)O)C(C)C. The number of unbranched alkanes of at least 4 members (excludes halogenated alkanes) is 1. The second kappa shape index (κ2) is 19.7. The average molecular weight is 674 g/mol. The summed E-state index contributed by atoms with van der Waals surface area (Å²) in [6.45, 7) is 9.54. The lowest BCUT2D eigenvalue weighted by Crippen LogP contribution is -2.60. The summed E-state index contributed by atoms with van der Waals surface area (Å²) in [4.78, 5) is 79.8. The Morgan fingerprint density at radius 2 is 1.54 bits per heavy atom. The number of carboxylic acids is 1. The lowest BCUT2D eigenvalue weighted by atomic mass is 9.98. The third-order valence-electron chi connectivity index (χ3n) is 8.86. The molecule has 14 nitrogen and oxygen atoms in total. The Morgan fingerprint density at radius 3 is 2.12 bits per heavy atom. The van der Waals surface area contributed by atoms with Gasteiger partial charge >= 0.3 is 5.97 Å². The first-order valence-corrected chi connectivity index (χ1v) is 17.0. The number of amides is 5. The number of carbonyl (C=O) groups excluding carboxylic acids is 5. The number of nitrogens with two attached hydrogens (primary N) is 2. The first kappa shape index (κ1) is 40.1. The fraction of sp³-hybridized carbons (Fsp3) is 0.647. The van der Waals surface area contributed by atoms with Gasteiger partial charge in [0.25, 0.3) is 0 Å². The number of hydrogen-bond acceptors (Lipinski definition) is 8. The minimum atomic E-state index is -1.20. The van der Waals surface area contributed by atoms with E-state index >= 15 is 0 Å². The van der Waals surface area contributed by atoms with Crippen LogP contribution in [0.2, 0.25) is 0 Å². The van der Waals surface area contributed by atoms with Crippen molar-refractivity contribution in [3.63, 3.8) is 0 Å². The number of benzene rings is 1. The highest BCUT2D eigenvalue weighted by Gasteiger charge is 2.38. The summed E-state index contributed by atoms with van der Waals surface area (Å²) in [6.07, 6.45) is 3.14. The molecule has 0 saturated carbocycles. The molecule has 1 fully saturated rings. The van der Waals surface area contributed by atoms with Crippen molar-refractivity contribution >= 4 is 35.5 Å². The molecule has 0 unspecified atom stereocenters. The molecule has 1 aliphatic heterocycles. The molecule has 5 amide bonds. The first-order chi connectivity index (χ1) is 22.7. The van der Waals surface area contributed by atoms with Crippen LogP contribution in [0.3, 0.4) is 0 Å². The monoisotopic (exact) mass is 673 g/mol. The van der Waals surface area contributed by atoms with Crippen molar-refractivity contribution in [2.45, 2.75) is 116 Å². The second-order valence-corrected chi connectivity index (χ2v) is 13.0. The van der Waals surface area contributed by atoms with E-state index in [9.17, 15) is 33.9 Å². The highest BCUT2D eigenvalue weighted by Crippen LogP contribution is 2.21. The van der Waals surface area contributed by atoms with Crippen LogP contribution in [-0.4, -0.2) is 94.9 Å². The van der Waals surface area contributed by atoms with Crippen LogP contribution in [0.5, 0.6) is 0 Å². The van der Waals surface area contributed by atoms with Gasteiger partial charge in [0.2, 0.25) is 29.5 Å². The van der Waals surface area contributed by atoms with Crippen LogP contribution < -0.4 is 32.7 Å². The highest BCUT2D eigenvalue weighted by atomic mass is 16.4. The fourth-order valence-corrected chi connectivity index (χ4v) is 5.52. The smallest absolute Gasteiger partial charge is 0.326 e. The summed E-state index contributed by atoms with van der Waals surface area (Å²) in [5, 5.41) is 20.3. The average Bonchev–Trinajstić information content (AvgIpc) is 3.55. The van der Waals surface area contributed by atoms with Gasteiger partial charge in [-0.15, -0.1) is 0 Å². The van der Waals surface area contributed by atoms with Gasteiger partial charge in [-0.25, -0.2) is 4.79 Å². The van der Waals surface area contributed by atoms with Crippen LogP contribution in [0.4, 0.5) is 0 Å². The van der Waals surface area contributed by atoms with Crippen molar-refractivity contribution < 1.29 is 33.9 Å². The summed E-state index contributed by atoms with van der Waals surface area (Å²) in [7, 11) is 0. The highest BCUT2D eigenvalue weighted by molar-refractivity contribution is 5.96. The van der Waals surface area contributed by atoms with Gasteiger partial charge in [-0.2, -0.15) is 0 Å². The Balaban J connectivity index is 2.13. The molecule has 2 rings (SSSR count). The van der Waals surface area contributed by atoms with Crippen molar-refractivity contribution in [3.8, 4) is 0 Å². The van der Waals surface area contributed by atoms with Gasteiger partial charge in [-0.1, -0.05) is 64.4 Å². The van der Waals surface area contributed by atoms with Crippen LogP contribution in [0.1, 0.15) is 78.7 Å². The zero-order valence-corrected chi connectivity index (χ0v) is 28.9. The number of hydrogen-bond donors (Lipinski definition) is 7. The van der Waals surface area contributed by atoms with E-state index in [1.54, 1.807) is 38.1 Å². The molecule has 7 atom stereocenters. The first-order valence-electron chi connectivity index (χ1n) is 17.0. The molecule has 9 N–H and O–H groups in total. The Bertz CT molecular complexity index is 1250. The van der Waals surface area contributed by atoms with Gasteiger partial charge in [-0.3, -0.25) is 24.0 Å². The van der Waals surface area contributed by atoms with Crippen molar-refractivity contribution in [1.29, 1.82) is 0 Å². The minimum Gasteiger partial charge on any atom is -0.480 e. The predicted octanol–water partition coefficient (Wildman–Crippen LogP) is 0.422. The molecule has 1 aromatic carbocycles. The molecule has 268 valence electrons. The van der Waals surface area contributed by atoms with E-state index in [0.29, 0.717) is 38.8 Å². The lowest BCUT2D eigenvalue weighted by Gasteiger charge is -2.30. The van der Waals surface area contributed by atoms with Crippen LogP contribution in [0.15, 0.2) is 30.3 Å². The summed E-state index contributed by atoms with van der Waals surface area (Å²) in [5.74, 6) is -4.38. The minimum absolute atomic E-state index is 0.0519. The van der Waals surface area contributed by atoms with Crippen molar-refractivity contribution in [3.05, 3.63) is 35.9 Å². The quantitative estimate of drug-likeness (QED) is 0.101. The molecule has 0 radical (unpaired) electrons. The van der Waals surface area contributed by atoms with Crippen molar-refractivity contribution in [2.75, 3.05) is 13.1 Å². The van der Waals surface area contributed by atoms with Gasteiger partial charge in [0.1, 0.15) is 30.2 Å². The largest absolute Gasteiger partial charge is 0.480 e. The second-order valence-electron chi connectivity index (χ2n) is 13.0. The summed E-state index contributed by atoms with van der Waals surface area (Å²) in [5.41, 5.74) is 12.4. The lowest BCUT2D eigenvalue weighted by molar-refractivity contribution is -0.142. The molecule has 14 heteroatoms. The fourth-order valence-electron chi connectivity index (χ4n) is 5.52. The number of carbonyl (C=O) groups is 6. The third-order valence-corrected chi connectivity index (χ3v) is 8.86. The van der Waals surface area contributed by atoms with Gasteiger partial charge in [-0.05, 0) is 63.0 Å². The maximum absolute atomic E-state index is 13.6. The molecule has 0 spiro atoms. The van der Waals surface area contributed by atoms with Crippen LogP contribution >= 0.6 is 0 Å². The van der Waals surface area contributed by atoms with E-state index in [0.717, 1.165) is 12.0 Å². The molecule has 0 bridgehead atoms. The summed E-state index contributed by atoms with van der Waals surface area (Å²) >= 11 is 0. The Hall–Kier alpha value is -4.04. The molecule has 1 saturated heterocycles. The topological polar surface area (TPSA) is 226 Å². The Kier molecular flexibility index (Phi) is 16.5. The molecule has 1 heterocycles. The van der Waals surface area contributed by atoms with Crippen molar-refractivity contribution in [2.24, 2.45) is 23.3 Å². The number of aliphatic carboxylic acids is 1. The van der Waals surface area contributed by atoms with E-state index in [2.05, 4.69) is 21.3 Å². The molecule has 0 aromatic heterocycles. The van der Waals surface area contributed by atoms with Crippen LogP contribution in [-0.2, 0) is 35.2 Å². The van der Waals surface area contributed by atoms with Gasteiger partial charge in [0, 0.05) is 13.0 Å². The van der Waals surface area contributed by atoms with Crippen LogP contribution in [0.25, 0.3) is 0 Å². The molecule has 1 aliphatic rings. The molecular weight excluding hydrogens is 618 g/mol. The van der Waals surface area contributed by atoms with E-state index in [1.165, 1.54) is 11.8 Å². The van der Waals surface area contributed by atoms with E-state index in [1.807, 2.05) is 19.9 Å². The zero-order valence-electron chi connectivity index (χ0n) is 28.9.